The Morgan fingerprint density at radius 3 is 2.29 bits per heavy atom. The molecule has 0 radical (unpaired) electrons. The third-order valence-electron chi connectivity index (χ3n) is 1.93. The van der Waals surface area contributed by atoms with Crippen LogP contribution >= 0.6 is 0 Å². The van der Waals surface area contributed by atoms with Crippen LogP contribution in [0, 0.1) is 11.8 Å². The average molecular weight is 214 g/mol. The summed E-state index contributed by atoms with van der Waals surface area (Å²) in [5.41, 5.74) is 7.70. The smallest absolute Gasteiger partial charge is 0.330 e. The van der Waals surface area contributed by atoms with Crippen molar-refractivity contribution in [2.75, 3.05) is 19.7 Å². The molecule has 0 saturated carbocycles. The molecule has 3 nitrogen and oxygen atoms in total. The highest BCUT2D eigenvalue weighted by Gasteiger charge is 2.27. The summed E-state index contributed by atoms with van der Waals surface area (Å²) in [7, 11) is 0. The summed E-state index contributed by atoms with van der Waals surface area (Å²) >= 11 is 0. The van der Waals surface area contributed by atoms with Crippen molar-refractivity contribution in [3.05, 3.63) is 0 Å². The van der Waals surface area contributed by atoms with Gasteiger partial charge in [0.05, 0.1) is 0 Å². The zero-order chi connectivity index (χ0) is 11.2. The standard InChI is InChI=1S/C8H17F3N2O/c1-6(2)7(3-12)4-13-14-5-8(9,10)11/h6-7,13H,3-5,12H2,1-2H3. The van der Waals surface area contributed by atoms with Gasteiger partial charge in [-0.2, -0.15) is 13.2 Å². The molecule has 0 saturated heterocycles. The molecule has 1 unspecified atom stereocenters. The number of hydrogen-bond acceptors (Lipinski definition) is 3. The summed E-state index contributed by atoms with van der Waals surface area (Å²) in [6, 6.07) is 0. The van der Waals surface area contributed by atoms with Crippen molar-refractivity contribution in [3.8, 4) is 0 Å². The number of alkyl halides is 3. The fourth-order valence-corrected chi connectivity index (χ4v) is 0.890. The SMILES string of the molecule is CC(C)C(CN)CNOCC(F)(F)F. The molecule has 0 heterocycles. The van der Waals surface area contributed by atoms with E-state index in [1.54, 1.807) is 0 Å². The van der Waals surface area contributed by atoms with Crippen molar-refractivity contribution in [3.63, 3.8) is 0 Å². The number of halogens is 3. The van der Waals surface area contributed by atoms with E-state index in [2.05, 4.69) is 10.3 Å². The minimum atomic E-state index is -4.29. The van der Waals surface area contributed by atoms with E-state index in [1.807, 2.05) is 13.8 Å². The molecule has 0 aromatic rings. The molecule has 0 aliphatic heterocycles. The summed E-state index contributed by atoms with van der Waals surface area (Å²) < 4.78 is 34.9. The topological polar surface area (TPSA) is 47.3 Å². The summed E-state index contributed by atoms with van der Waals surface area (Å²) in [6.07, 6.45) is -4.29. The van der Waals surface area contributed by atoms with E-state index in [0.29, 0.717) is 19.0 Å². The number of nitrogens with two attached hydrogens (primary N) is 1. The van der Waals surface area contributed by atoms with Gasteiger partial charge in [-0.25, -0.2) is 5.48 Å². The molecule has 0 rings (SSSR count). The molecule has 0 aromatic heterocycles. The molecule has 0 bridgehead atoms. The third-order valence-corrected chi connectivity index (χ3v) is 1.93. The second-order valence-corrected chi connectivity index (χ2v) is 3.49. The Kier molecular flexibility index (Phi) is 6.06. The second kappa shape index (κ2) is 6.21. The number of nitrogens with one attached hydrogen (secondary N) is 1. The normalized spacial score (nSPS) is 14.8. The second-order valence-electron chi connectivity index (χ2n) is 3.49. The largest absolute Gasteiger partial charge is 0.413 e. The van der Waals surface area contributed by atoms with Crippen LogP contribution in [-0.2, 0) is 4.84 Å². The van der Waals surface area contributed by atoms with Gasteiger partial charge in [-0.1, -0.05) is 13.8 Å². The molecule has 0 spiro atoms. The third kappa shape index (κ3) is 7.11. The van der Waals surface area contributed by atoms with Crippen LogP contribution in [0.5, 0.6) is 0 Å². The lowest BCUT2D eigenvalue weighted by molar-refractivity contribution is -0.190. The Labute approximate surface area is 81.7 Å². The molecule has 0 aromatic carbocycles. The molecule has 86 valence electrons. The highest BCUT2D eigenvalue weighted by molar-refractivity contribution is 4.64. The lowest BCUT2D eigenvalue weighted by Crippen LogP contribution is -2.34. The van der Waals surface area contributed by atoms with Crippen molar-refractivity contribution in [2.24, 2.45) is 17.6 Å². The molecule has 14 heavy (non-hydrogen) atoms. The van der Waals surface area contributed by atoms with Crippen LogP contribution < -0.4 is 11.2 Å². The first kappa shape index (κ1) is 13.7. The van der Waals surface area contributed by atoms with Crippen LogP contribution in [0.15, 0.2) is 0 Å². The van der Waals surface area contributed by atoms with Gasteiger partial charge in [0.1, 0.15) is 0 Å². The van der Waals surface area contributed by atoms with Crippen LogP contribution in [-0.4, -0.2) is 25.9 Å². The maximum Gasteiger partial charge on any atom is 0.413 e. The first-order valence-electron chi connectivity index (χ1n) is 4.48. The lowest BCUT2D eigenvalue weighted by atomic mass is 9.96. The highest BCUT2D eigenvalue weighted by atomic mass is 19.4. The van der Waals surface area contributed by atoms with Gasteiger partial charge >= 0.3 is 6.18 Å². The zero-order valence-electron chi connectivity index (χ0n) is 8.40. The Morgan fingerprint density at radius 2 is 1.93 bits per heavy atom. The number of rotatable bonds is 6. The zero-order valence-corrected chi connectivity index (χ0v) is 8.40. The molecular weight excluding hydrogens is 197 g/mol. The van der Waals surface area contributed by atoms with Crippen molar-refractivity contribution in [1.82, 2.24) is 5.48 Å². The monoisotopic (exact) mass is 214 g/mol. The van der Waals surface area contributed by atoms with Gasteiger partial charge in [0.25, 0.3) is 0 Å². The van der Waals surface area contributed by atoms with E-state index in [9.17, 15) is 13.2 Å². The molecule has 0 fully saturated rings. The van der Waals surface area contributed by atoms with Gasteiger partial charge in [-0.3, -0.25) is 4.84 Å². The van der Waals surface area contributed by atoms with Gasteiger partial charge in [-0.05, 0) is 18.4 Å². The minimum Gasteiger partial charge on any atom is -0.330 e. The van der Waals surface area contributed by atoms with E-state index < -0.39 is 12.8 Å². The predicted molar refractivity (Wildman–Crippen MR) is 47.4 cm³/mol. The summed E-state index contributed by atoms with van der Waals surface area (Å²) in [6.45, 7) is 3.42. The molecular formula is C8H17F3N2O. The molecule has 1 atom stereocenters. The van der Waals surface area contributed by atoms with Crippen LogP contribution in [0.4, 0.5) is 13.2 Å². The Balaban J connectivity index is 3.52. The van der Waals surface area contributed by atoms with Crippen molar-refractivity contribution < 1.29 is 18.0 Å². The summed E-state index contributed by atoms with van der Waals surface area (Å²) in [5, 5.41) is 0. The Bertz CT molecular complexity index is 150. The van der Waals surface area contributed by atoms with Gasteiger partial charge in [0, 0.05) is 6.54 Å². The Morgan fingerprint density at radius 1 is 1.36 bits per heavy atom. The highest BCUT2D eigenvalue weighted by Crippen LogP contribution is 2.14. The van der Waals surface area contributed by atoms with E-state index in [1.165, 1.54) is 0 Å². The maximum atomic E-state index is 11.6. The first-order chi connectivity index (χ1) is 6.37. The molecule has 3 N–H and O–H groups in total. The van der Waals surface area contributed by atoms with Gasteiger partial charge < -0.3 is 5.73 Å². The van der Waals surface area contributed by atoms with E-state index >= 15 is 0 Å². The van der Waals surface area contributed by atoms with E-state index in [-0.39, 0.29) is 5.92 Å². The van der Waals surface area contributed by atoms with Crippen molar-refractivity contribution in [1.29, 1.82) is 0 Å². The van der Waals surface area contributed by atoms with E-state index in [4.69, 9.17) is 5.73 Å². The van der Waals surface area contributed by atoms with Crippen LogP contribution in [0.2, 0.25) is 0 Å². The lowest BCUT2D eigenvalue weighted by Gasteiger charge is -2.19. The van der Waals surface area contributed by atoms with Gasteiger partial charge in [-0.15, -0.1) is 0 Å². The van der Waals surface area contributed by atoms with Crippen LogP contribution in [0.1, 0.15) is 13.8 Å². The Hall–Kier alpha value is -0.330. The maximum absolute atomic E-state index is 11.6. The number of hydrogen-bond donors (Lipinski definition) is 2. The van der Waals surface area contributed by atoms with E-state index in [0.717, 1.165) is 0 Å². The summed E-state index contributed by atoms with van der Waals surface area (Å²) in [4.78, 5) is 4.25. The molecule has 6 heteroatoms. The van der Waals surface area contributed by atoms with Crippen molar-refractivity contribution in [2.45, 2.75) is 20.0 Å². The fraction of sp³-hybridized carbons (Fsp3) is 1.00. The minimum absolute atomic E-state index is 0.128. The summed E-state index contributed by atoms with van der Waals surface area (Å²) in [5.74, 6) is 0.449. The predicted octanol–water partition coefficient (Wildman–Crippen LogP) is 1.30. The van der Waals surface area contributed by atoms with Crippen molar-refractivity contribution >= 4 is 0 Å². The number of hydroxylamine groups is 1. The fourth-order valence-electron chi connectivity index (χ4n) is 0.890. The molecule has 0 aliphatic carbocycles. The quantitative estimate of drug-likeness (QED) is 0.517. The molecule has 0 aliphatic rings. The average Bonchev–Trinajstić information content (AvgIpc) is 2.01. The van der Waals surface area contributed by atoms with Crippen LogP contribution in [0.3, 0.4) is 0 Å². The first-order valence-corrected chi connectivity index (χ1v) is 4.48. The van der Waals surface area contributed by atoms with Gasteiger partial charge in [0.2, 0.25) is 0 Å². The van der Waals surface area contributed by atoms with Crippen LogP contribution in [0.25, 0.3) is 0 Å². The molecule has 0 amide bonds. The van der Waals surface area contributed by atoms with Gasteiger partial charge in [0.15, 0.2) is 6.61 Å².